The van der Waals surface area contributed by atoms with Crippen LogP contribution >= 0.6 is 0 Å². The second-order valence-electron chi connectivity index (χ2n) is 7.18. The van der Waals surface area contributed by atoms with Crippen molar-refractivity contribution in [3.63, 3.8) is 0 Å². The molecular weight excluding hydrogens is 298 g/mol. The van der Waals surface area contributed by atoms with Gasteiger partial charge in [0.25, 0.3) is 0 Å². The van der Waals surface area contributed by atoms with E-state index in [-0.39, 0.29) is 12.1 Å². The third kappa shape index (κ3) is 8.18. The van der Waals surface area contributed by atoms with Gasteiger partial charge in [0.15, 0.2) is 0 Å². The highest BCUT2D eigenvalue weighted by Gasteiger charge is 2.30. The van der Waals surface area contributed by atoms with Crippen molar-refractivity contribution in [3.05, 3.63) is 0 Å². The number of nitrogens with zero attached hydrogens (tertiary/aromatic N) is 1. The lowest BCUT2D eigenvalue weighted by atomic mass is 10.1. The number of nitrogens with two attached hydrogens (primary N) is 1. The molecule has 7 heteroatoms. The molecule has 1 aliphatic rings. The Morgan fingerprint density at radius 1 is 1.39 bits per heavy atom. The fraction of sp³-hybridized carbons (Fsp3) is 0.875. The molecule has 0 unspecified atom stereocenters. The van der Waals surface area contributed by atoms with Gasteiger partial charge in [0.05, 0.1) is 0 Å². The van der Waals surface area contributed by atoms with E-state index in [0.29, 0.717) is 19.5 Å². The van der Waals surface area contributed by atoms with E-state index in [4.69, 9.17) is 15.6 Å². The number of nitrogens with one attached hydrogen (secondary N) is 1. The van der Waals surface area contributed by atoms with Crippen LogP contribution in [0.1, 0.15) is 52.9 Å². The molecule has 1 fully saturated rings. The number of amides is 1. The van der Waals surface area contributed by atoms with E-state index in [1.165, 1.54) is 0 Å². The Hall–Kier alpha value is -1.34. The first-order chi connectivity index (χ1) is 10.7. The molecule has 0 bridgehead atoms. The van der Waals surface area contributed by atoms with Crippen molar-refractivity contribution in [1.82, 2.24) is 10.2 Å². The van der Waals surface area contributed by atoms with Gasteiger partial charge < -0.3 is 20.9 Å². The molecule has 1 aliphatic heterocycles. The van der Waals surface area contributed by atoms with Gasteiger partial charge in [-0.3, -0.25) is 9.69 Å². The first-order valence-electron chi connectivity index (χ1n) is 8.38. The minimum Gasteiger partial charge on any atom is -0.480 e. The van der Waals surface area contributed by atoms with Crippen molar-refractivity contribution in [1.29, 1.82) is 0 Å². The SMILES string of the molecule is CC(C)(C)OC(=O)NCCCC[C@H](N)CN1CCC[C@@H]1C(=O)O. The summed E-state index contributed by atoms with van der Waals surface area (Å²) in [5.41, 5.74) is 5.61. The summed E-state index contributed by atoms with van der Waals surface area (Å²) in [6.45, 7) is 7.47. The topological polar surface area (TPSA) is 105 Å². The number of likely N-dealkylation sites (tertiary alicyclic amines) is 1. The Morgan fingerprint density at radius 3 is 2.70 bits per heavy atom. The molecule has 0 aromatic rings. The van der Waals surface area contributed by atoms with Gasteiger partial charge >= 0.3 is 12.1 Å². The number of hydrogen-bond acceptors (Lipinski definition) is 5. The zero-order valence-corrected chi connectivity index (χ0v) is 14.5. The van der Waals surface area contributed by atoms with Crippen LogP contribution in [0.25, 0.3) is 0 Å². The fourth-order valence-electron chi connectivity index (χ4n) is 2.75. The van der Waals surface area contributed by atoms with Crippen molar-refractivity contribution < 1.29 is 19.4 Å². The highest BCUT2D eigenvalue weighted by atomic mass is 16.6. The average molecular weight is 329 g/mol. The highest BCUT2D eigenvalue weighted by Crippen LogP contribution is 2.18. The number of aliphatic carboxylic acids is 1. The van der Waals surface area contributed by atoms with Gasteiger partial charge in [-0.2, -0.15) is 0 Å². The van der Waals surface area contributed by atoms with Gasteiger partial charge in [0, 0.05) is 19.1 Å². The minimum atomic E-state index is -0.753. The number of carboxylic acids is 1. The Labute approximate surface area is 138 Å². The largest absolute Gasteiger partial charge is 0.480 e. The smallest absolute Gasteiger partial charge is 0.407 e. The van der Waals surface area contributed by atoms with Crippen LogP contribution < -0.4 is 11.1 Å². The standard InChI is InChI=1S/C16H31N3O4/c1-16(2,3)23-15(22)18-9-5-4-7-12(17)11-19-10-6-8-13(19)14(20)21/h12-13H,4-11,17H2,1-3H3,(H,18,22)(H,20,21)/t12-,13+/m0/s1. The molecule has 0 aromatic heterocycles. The minimum absolute atomic E-state index is 0.0310. The lowest BCUT2D eigenvalue weighted by Gasteiger charge is -2.24. The Balaban J connectivity index is 2.11. The number of carboxylic acid groups (broad SMARTS) is 1. The van der Waals surface area contributed by atoms with Crippen LogP contribution in [0.15, 0.2) is 0 Å². The predicted molar refractivity (Wildman–Crippen MR) is 88.3 cm³/mol. The number of unbranched alkanes of at least 4 members (excludes halogenated alkanes) is 1. The van der Waals surface area contributed by atoms with E-state index < -0.39 is 17.7 Å². The van der Waals surface area contributed by atoms with E-state index in [1.807, 2.05) is 25.7 Å². The van der Waals surface area contributed by atoms with Gasteiger partial charge in [-0.05, 0) is 53.0 Å². The van der Waals surface area contributed by atoms with Crippen molar-refractivity contribution in [2.24, 2.45) is 5.73 Å². The van der Waals surface area contributed by atoms with E-state index in [2.05, 4.69) is 5.32 Å². The summed E-state index contributed by atoms with van der Waals surface area (Å²) in [5.74, 6) is -0.753. The Kier molecular flexibility index (Phi) is 7.78. The monoisotopic (exact) mass is 329 g/mol. The molecule has 0 radical (unpaired) electrons. The van der Waals surface area contributed by atoms with Crippen LogP contribution in [0.4, 0.5) is 4.79 Å². The molecule has 0 saturated carbocycles. The van der Waals surface area contributed by atoms with E-state index in [0.717, 1.165) is 32.2 Å². The van der Waals surface area contributed by atoms with Gasteiger partial charge in [-0.1, -0.05) is 6.42 Å². The van der Waals surface area contributed by atoms with Crippen molar-refractivity contribution >= 4 is 12.1 Å². The number of hydrogen-bond donors (Lipinski definition) is 3. The van der Waals surface area contributed by atoms with Crippen LogP contribution in [0.5, 0.6) is 0 Å². The van der Waals surface area contributed by atoms with E-state index in [1.54, 1.807) is 0 Å². The van der Waals surface area contributed by atoms with Gasteiger partial charge in [-0.15, -0.1) is 0 Å². The summed E-state index contributed by atoms with van der Waals surface area (Å²) >= 11 is 0. The highest BCUT2D eigenvalue weighted by molar-refractivity contribution is 5.73. The third-order valence-electron chi connectivity index (χ3n) is 3.79. The first kappa shape index (κ1) is 19.7. The van der Waals surface area contributed by atoms with Crippen molar-refractivity contribution in [2.75, 3.05) is 19.6 Å². The Bertz CT molecular complexity index is 395. The van der Waals surface area contributed by atoms with Crippen LogP contribution in [0.2, 0.25) is 0 Å². The lowest BCUT2D eigenvalue weighted by molar-refractivity contribution is -0.142. The fourth-order valence-corrected chi connectivity index (χ4v) is 2.75. The summed E-state index contributed by atoms with van der Waals surface area (Å²) in [4.78, 5) is 24.6. The molecule has 0 aromatic carbocycles. The molecule has 1 rings (SSSR count). The Morgan fingerprint density at radius 2 is 2.09 bits per heavy atom. The number of rotatable bonds is 8. The summed E-state index contributed by atoms with van der Waals surface area (Å²) in [6, 6.07) is -0.411. The normalized spacial score (nSPS) is 20.3. The molecule has 1 amide bonds. The number of ether oxygens (including phenoxy) is 1. The molecule has 134 valence electrons. The third-order valence-corrected chi connectivity index (χ3v) is 3.79. The van der Waals surface area contributed by atoms with E-state index in [9.17, 15) is 9.59 Å². The molecule has 23 heavy (non-hydrogen) atoms. The molecule has 0 spiro atoms. The summed E-state index contributed by atoms with van der Waals surface area (Å²) in [6.07, 6.45) is 3.77. The maximum atomic E-state index is 11.5. The zero-order chi connectivity index (χ0) is 17.5. The van der Waals surface area contributed by atoms with Crippen molar-refractivity contribution in [2.45, 2.75) is 70.6 Å². The summed E-state index contributed by atoms with van der Waals surface area (Å²) < 4.78 is 5.15. The predicted octanol–water partition coefficient (Wildman–Crippen LogP) is 1.56. The molecule has 1 saturated heterocycles. The maximum Gasteiger partial charge on any atom is 0.407 e. The number of alkyl carbamates (subject to hydrolysis) is 1. The van der Waals surface area contributed by atoms with Crippen LogP contribution in [0.3, 0.4) is 0 Å². The molecule has 0 aliphatic carbocycles. The van der Waals surface area contributed by atoms with E-state index >= 15 is 0 Å². The number of carbonyl (C=O) groups excluding carboxylic acids is 1. The lowest BCUT2D eigenvalue weighted by Crippen LogP contribution is -2.43. The van der Waals surface area contributed by atoms with Crippen LogP contribution in [-0.2, 0) is 9.53 Å². The number of carbonyl (C=O) groups is 2. The summed E-state index contributed by atoms with van der Waals surface area (Å²) in [5, 5.41) is 11.9. The van der Waals surface area contributed by atoms with Crippen LogP contribution in [0, 0.1) is 0 Å². The van der Waals surface area contributed by atoms with Gasteiger partial charge in [0.2, 0.25) is 0 Å². The van der Waals surface area contributed by atoms with Crippen LogP contribution in [-0.4, -0.2) is 59.4 Å². The zero-order valence-electron chi connectivity index (χ0n) is 14.5. The van der Waals surface area contributed by atoms with Crippen molar-refractivity contribution in [3.8, 4) is 0 Å². The second-order valence-corrected chi connectivity index (χ2v) is 7.18. The molecule has 7 nitrogen and oxygen atoms in total. The van der Waals surface area contributed by atoms with Gasteiger partial charge in [-0.25, -0.2) is 4.79 Å². The quantitative estimate of drug-likeness (QED) is 0.584. The first-order valence-corrected chi connectivity index (χ1v) is 8.38. The summed E-state index contributed by atoms with van der Waals surface area (Å²) in [7, 11) is 0. The molecule has 4 N–H and O–H groups in total. The molecule has 2 atom stereocenters. The second kappa shape index (κ2) is 9.08. The van der Waals surface area contributed by atoms with Gasteiger partial charge in [0.1, 0.15) is 11.6 Å². The molecule has 1 heterocycles. The maximum absolute atomic E-state index is 11.5. The molecular formula is C16H31N3O4. The average Bonchev–Trinajstić information content (AvgIpc) is 2.84.